The van der Waals surface area contributed by atoms with Crippen LogP contribution in [-0.2, 0) is 4.79 Å². The number of hydrogen-bond donors (Lipinski definition) is 2. The molecule has 1 aromatic rings. The number of amides is 1. The van der Waals surface area contributed by atoms with Crippen molar-refractivity contribution in [1.82, 2.24) is 4.90 Å². The normalized spacial score (nSPS) is 17.9. The molecule has 0 radical (unpaired) electrons. The number of likely N-dealkylation sites (tertiary alicyclic amines) is 1. The van der Waals surface area contributed by atoms with E-state index >= 15 is 0 Å². The lowest BCUT2D eigenvalue weighted by Crippen LogP contribution is -2.62. The van der Waals surface area contributed by atoms with Crippen LogP contribution in [0.15, 0.2) is 18.2 Å². The quantitative estimate of drug-likeness (QED) is 0.868. The van der Waals surface area contributed by atoms with Gasteiger partial charge in [0.15, 0.2) is 0 Å². The second kappa shape index (κ2) is 5.31. The van der Waals surface area contributed by atoms with Gasteiger partial charge in [-0.2, -0.15) is 0 Å². The molecule has 1 heterocycles. The molecule has 2 N–H and O–H groups in total. The molecule has 0 unspecified atom stereocenters. The molecule has 0 bridgehead atoms. The minimum atomic E-state index is -0.583. The molecular weight excluding hydrogens is 240 g/mol. The summed E-state index contributed by atoms with van der Waals surface area (Å²) in [4.78, 5) is 13.9. The number of nitrogens with one attached hydrogen (secondary N) is 1. The molecule has 104 valence electrons. The molecule has 1 aliphatic rings. The first-order valence-electron chi connectivity index (χ1n) is 6.74. The fourth-order valence-electron chi connectivity index (χ4n) is 2.47. The minimum absolute atomic E-state index is 0.0230. The smallest absolute Gasteiger partial charge is 0.238 e. The number of carbonyl (C=O) groups is 1. The van der Waals surface area contributed by atoms with Gasteiger partial charge in [0.05, 0.1) is 12.1 Å². The van der Waals surface area contributed by atoms with Crippen LogP contribution in [0.1, 0.15) is 24.5 Å². The molecule has 0 saturated carbocycles. The first-order valence-corrected chi connectivity index (χ1v) is 6.74. The van der Waals surface area contributed by atoms with Crippen LogP contribution in [0.4, 0.5) is 5.69 Å². The van der Waals surface area contributed by atoms with Gasteiger partial charge >= 0.3 is 0 Å². The van der Waals surface area contributed by atoms with Gasteiger partial charge in [-0.15, -0.1) is 0 Å². The van der Waals surface area contributed by atoms with Gasteiger partial charge in [0, 0.05) is 18.8 Å². The summed E-state index contributed by atoms with van der Waals surface area (Å²) in [6.07, 6.45) is 0.738. The average Bonchev–Trinajstić information content (AvgIpc) is 2.30. The Labute approximate surface area is 114 Å². The largest absolute Gasteiger partial charge is 0.387 e. The number of aryl methyl sites for hydroxylation is 2. The van der Waals surface area contributed by atoms with E-state index in [0.717, 1.165) is 17.7 Å². The van der Waals surface area contributed by atoms with Gasteiger partial charge in [-0.25, -0.2) is 0 Å². The van der Waals surface area contributed by atoms with E-state index in [1.807, 2.05) is 37.8 Å². The van der Waals surface area contributed by atoms with Crippen molar-refractivity contribution < 1.29 is 9.90 Å². The van der Waals surface area contributed by atoms with Crippen LogP contribution in [-0.4, -0.2) is 41.1 Å². The fourth-order valence-corrected chi connectivity index (χ4v) is 2.47. The predicted molar refractivity (Wildman–Crippen MR) is 76.2 cm³/mol. The van der Waals surface area contributed by atoms with Gasteiger partial charge in [-0.05, 0) is 31.9 Å². The highest BCUT2D eigenvalue weighted by atomic mass is 16.3. The maximum atomic E-state index is 11.9. The highest BCUT2D eigenvalue weighted by molar-refractivity contribution is 5.93. The number of nitrogens with zero attached hydrogens (tertiary/aromatic N) is 1. The molecule has 0 aliphatic carbocycles. The number of benzene rings is 1. The van der Waals surface area contributed by atoms with Crippen LogP contribution < -0.4 is 5.32 Å². The number of rotatable bonds is 4. The molecule has 1 fully saturated rings. The first kappa shape index (κ1) is 14.0. The number of aliphatic hydroxyl groups is 1. The van der Waals surface area contributed by atoms with Gasteiger partial charge in [0.2, 0.25) is 5.91 Å². The second-order valence-electron chi connectivity index (χ2n) is 5.59. The van der Waals surface area contributed by atoms with Crippen LogP contribution in [0.25, 0.3) is 0 Å². The standard InChI is InChI=1S/C15H22N2O2/c1-4-15(19)9-17(10-15)8-14(18)16-13-6-5-11(2)7-12(13)3/h5-7,19H,4,8-10H2,1-3H3,(H,16,18). The summed E-state index contributed by atoms with van der Waals surface area (Å²) in [6.45, 7) is 7.50. The highest BCUT2D eigenvalue weighted by Gasteiger charge is 2.39. The van der Waals surface area contributed by atoms with Crippen molar-refractivity contribution in [2.24, 2.45) is 0 Å². The number of hydrogen-bond acceptors (Lipinski definition) is 3. The predicted octanol–water partition coefficient (Wildman–Crippen LogP) is 1.70. The Hall–Kier alpha value is -1.39. The van der Waals surface area contributed by atoms with Crippen LogP contribution in [0.3, 0.4) is 0 Å². The Balaban J connectivity index is 1.85. The molecule has 4 heteroatoms. The summed E-state index contributed by atoms with van der Waals surface area (Å²) in [5, 5.41) is 12.8. The van der Waals surface area contributed by atoms with Gasteiger partial charge in [0.1, 0.15) is 0 Å². The summed E-state index contributed by atoms with van der Waals surface area (Å²) in [5.41, 5.74) is 2.54. The van der Waals surface area contributed by atoms with Crippen molar-refractivity contribution in [1.29, 1.82) is 0 Å². The molecule has 0 spiro atoms. The van der Waals surface area contributed by atoms with E-state index < -0.39 is 5.60 Å². The third-order valence-corrected chi connectivity index (χ3v) is 3.72. The lowest BCUT2D eigenvalue weighted by molar-refractivity contribution is -0.128. The summed E-state index contributed by atoms with van der Waals surface area (Å²) in [6, 6.07) is 5.97. The van der Waals surface area contributed by atoms with Gasteiger partial charge in [-0.3, -0.25) is 9.69 Å². The van der Waals surface area contributed by atoms with Gasteiger partial charge in [0.25, 0.3) is 0 Å². The number of carbonyl (C=O) groups excluding carboxylic acids is 1. The summed E-state index contributed by atoms with van der Waals surface area (Å²) < 4.78 is 0. The van der Waals surface area contributed by atoms with Gasteiger partial charge < -0.3 is 10.4 Å². The lowest BCUT2D eigenvalue weighted by Gasteiger charge is -2.45. The van der Waals surface area contributed by atoms with Crippen LogP contribution >= 0.6 is 0 Å². The van der Waals surface area contributed by atoms with Crippen molar-refractivity contribution in [2.75, 3.05) is 25.0 Å². The highest BCUT2D eigenvalue weighted by Crippen LogP contribution is 2.23. The van der Waals surface area contributed by atoms with E-state index in [0.29, 0.717) is 19.6 Å². The van der Waals surface area contributed by atoms with E-state index in [4.69, 9.17) is 0 Å². The van der Waals surface area contributed by atoms with Crippen LogP contribution in [0, 0.1) is 13.8 Å². The summed E-state index contributed by atoms with van der Waals surface area (Å²) in [5.74, 6) is -0.0230. The molecule has 0 aromatic heterocycles. The molecule has 4 nitrogen and oxygen atoms in total. The van der Waals surface area contributed by atoms with E-state index in [1.54, 1.807) is 0 Å². The lowest BCUT2D eigenvalue weighted by atomic mass is 9.91. The molecule has 2 rings (SSSR count). The monoisotopic (exact) mass is 262 g/mol. The molecule has 1 amide bonds. The van der Waals surface area contributed by atoms with Crippen molar-refractivity contribution in [3.8, 4) is 0 Å². The van der Waals surface area contributed by atoms with Crippen molar-refractivity contribution in [2.45, 2.75) is 32.8 Å². The first-order chi connectivity index (χ1) is 8.92. The maximum Gasteiger partial charge on any atom is 0.238 e. The molecule has 19 heavy (non-hydrogen) atoms. The zero-order chi connectivity index (χ0) is 14.0. The van der Waals surface area contributed by atoms with E-state index in [-0.39, 0.29) is 5.91 Å². The van der Waals surface area contributed by atoms with E-state index in [9.17, 15) is 9.90 Å². The number of β-amino-alcohol motifs (C(OH)–C–C–N with tert-alkyl or cyclic N) is 1. The number of anilines is 1. The Morgan fingerprint density at radius 3 is 2.68 bits per heavy atom. The zero-order valence-corrected chi connectivity index (χ0v) is 11.9. The Kier molecular flexibility index (Phi) is 3.92. The molecule has 1 saturated heterocycles. The molecule has 1 aliphatic heterocycles. The van der Waals surface area contributed by atoms with Crippen LogP contribution in [0.5, 0.6) is 0 Å². The van der Waals surface area contributed by atoms with E-state index in [1.165, 1.54) is 5.56 Å². The second-order valence-corrected chi connectivity index (χ2v) is 5.59. The summed E-state index contributed by atoms with van der Waals surface area (Å²) >= 11 is 0. The Morgan fingerprint density at radius 2 is 2.11 bits per heavy atom. The molecule has 0 atom stereocenters. The van der Waals surface area contributed by atoms with Crippen molar-refractivity contribution in [3.63, 3.8) is 0 Å². The van der Waals surface area contributed by atoms with Gasteiger partial charge in [-0.1, -0.05) is 24.6 Å². The topological polar surface area (TPSA) is 52.6 Å². The Morgan fingerprint density at radius 1 is 1.42 bits per heavy atom. The third-order valence-electron chi connectivity index (χ3n) is 3.72. The van der Waals surface area contributed by atoms with Crippen molar-refractivity contribution in [3.05, 3.63) is 29.3 Å². The fraction of sp³-hybridized carbons (Fsp3) is 0.533. The zero-order valence-electron chi connectivity index (χ0n) is 11.9. The maximum absolute atomic E-state index is 11.9. The summed E-state index contributed by atoms with van der Waals surface area (Å²) in [7, 11) is 0. The average molecular weight is 262 g/mol. The van der Waals surface area contributed by atoms with E-state index in [2.05, 4.69) is 11.4 Å². The molecular formula is C15H22N2O2. The van der Waals surface area contributed by atoms with Crippen LogP contribution in [0.2, 0.25) is 0 Å². The minimum Gasteiger partial charge on any atom is -0.387 e. The third kappa shape index (κ3) is 3.33. The van der Waals surface area contributed by atoms with Crippen molar-refractivity contribution >= 4 is 11.6 Å². The molecule has 1 aromatic carbocycles. The SMILES string of the molecule is CCC1(O)CN(CC(=O)Nc2ccc(C)cc2C)C1. The Bertz CT molecular complexity index is 479.